The maximum absolute atomic E-state index is 12.8. The number of Topliss-reactive ketones (excluding diaryl/α,β-unsaturated/α-hetero) is 1. The summed E-state index contributed by atoms with van der Waals surface area (Å²) in [7, 11) is 1.57. The minimum Gasteiger partial charge on any atom is -0.507 e. The summed E-state index contributed by atoms with van der Waals surface area (Å²) >= 11 is 0. The van der Waals surface area contributed by atoms with E-state index in [9.17, 15) is 14.7 Å². The van der Waals surface area contributed by atoms with Gasteiger partial charge >= 0.3 is 0 Å². The zero-order valence-electron chi connectivity index (χ0n) is 15.9. The number of nitrogens with zero attached hydrogens (tertiary/aromatic N) is 1. The fourth-order valence-corrected chi connectivity index (χ4v) is 3.58. The highest BCUT2D eigenvalue weighted by Crippen LogP contribution is 2.41. The van der Waals surface area contributed by atoms with Crippen molar-refractivity contribution in [3.8, 4) is 11.5 Å². The number of ether oxygens (including phenoxy) is 3. The average Bonchev–Trinajstić information content (AvgIpc) is 3.35. The van der Waals surface area contributed by atoms with Gasteiger partial charge in [-0.15, -0.1) is 0 Å². The van der Waals surface area contributed by atoms with Gasteiger partial charge in [0.1, 0.15) is 30.8 Å². The van der Waals surface area contributed by atoms with Crippen LogP contribution in [-0.4, -0.2) is 55.2 Å². The zero-order chi connectivity index (χ0) is 20.4. The number of amides is 1. The molecule has 0 saturated carbocycles. The fourth-order valence-electron chi connectivity index (χ4n) is 3.58. The number of hydrogen-bond donors (Lipinski definition) is 1. The molecule has 1 aromatic heterocycles. The molecule has 8 heteroatoms. The molecular formula is C21H21NO7. The molecular weight excluding hydrogens is 378 g/mol. The van der Waals surface area contributed by atoms with Crippen molar-refractivity contribution in [2.45, 2.75) is 12.5 Å². The van der Waals surface area contributed by atoms with E-state index in [4.69, 9.17) is 18.6 Å². The van der Waals surface area contributed by atoms with E-state index in [0.29, 0.717) is 55.6 Å². The number of carbonyl (C=O) groups is 2. The third-order valence-corrected chi connectivity index (χ3v) is 4.92. The number of likely N-dealkylation sites (tertiary alicyclic amines) is 1. The van der Waals surface area contributed by atoms with E-state index < -0.39 is 17.7 Å². The lowest BCUT2D eigenvalue weighted by atomic mass is 9.99. The van der Waals surface area contributed by atoms with Crippen molar-refractivity contribution in [1.82, 2.24) is 4.90 Å². The van der Waals surface area contributed by atoms with Crippen molar-refractivity contribution in [3.05, 3.63) is 53.5 Å². The summed E-state index contributed by atoms with van der Waals surface area (Å²) in [6, 6.07) is 7.43. The Bertz CT molecular complexity index is 948. The molecule has 152 valence electrons. The molecule has 2 aromatic rings. The summed E-state index contributed by atoms with van der Waals surface area (Å²) in [4.78, 5) is 26.9. The second-order valence-corrected chi connectivity index (χ2v) is 6.71. The summed E-state index contributed by atoms with van der Waals surface area (Å²) in [5, 5.41) is 11.0. The molecule has 1 fully saturated rings. The topological polar surface area (TPSA) is 98.4 Å². The van der Waals surface area contributed by atoms with Crippen LogP contribution in [0.1, 0.15) is 23.8 Å². The van der Waals surface area contributed by atoms with Crippen LogP contribution >= 0.6 is 0 Å². The summed E-state index contributed by atoms with van der Waals surface area (Å²) in [5.74, 6) is -0.269. The SMILES string of the molecule is COCCCN1C(=O)C(=O)/C(=C(/O)c2ccc3c(c2)OCCO3)C1c1ccco1. The van der Waals surface area contributed by atoms with E-state index in [0.717, 1.165) is 0 Å². The summed E-state index contributed by atoms with van der Waals surface area (Å²) in [5.41, 5.74) is 0.347. The van der Waals surface area contributed by atoms with Gasteiger partial charge in [-0.1, -0.05) is 0 Å². The highest BCUT2D eigenvalue weighted by atomic mass is 16.6. The Kier molecular flexibility index (Phi) is 5.26. The maximum atomic E-state index is 12.8. The van der Waals surface area contributed by atoms with Crippen molar-refractivity contribution >= 4 is 17.4 Å². The van der Waals surface area contributed by atoms with Gasteiger partial charge in [0.15, 0.2) is 11.5 Å². The first kappa shape index (κ1) is 19.1. The molecule has 0 aliphatic carbocycles. The molecule has 0 radical (unpaired) electrons. The lowest BCUT2D eigenvalue weighted by Crippen LogP contribution is -2.31. The summed E-state index contributed by atoms with van der Waals surface area (Å²) in [6.07, 6.45) is 2.01. The van der Waals surface area contributed by atoms with Crippen LogP contribution in [0.2, 0.25) is 0 Å². The first-order chi connectivity index (χ1) is 14.1. The van der Waals surface area contributed by atoms with Crippen LogP contribution in [0, 0.1) is 0 Å². The monoisotopic (exact) mass is 399 g/mol. The standard InChI is InChI=1S/C21H21NO7/c1-26-8-3-7-22-18(15-4-2-9-27-15)17(20(24)21(22)25)19(23)13-5-6-14-16(12-13)29-11-10-28-14/h2,4-6,9,12,18,23H,3,7-8,10-11H2,1H3/b19-17+. The predicted octanol–water partition coefficient (Wildman–Crippen LogP) is 2.51. The summed E-state index contributed by atoms with van der Waals surface area (Å²) in [6.45, 7) is 1.58. The molecule has 8 nitrogen and oxygen atoms in total. The molecule has 2 aliphatic rings. The number of carbonyl (C=O) groups excluding carboxylic acids is 2. The van der Waals surface area contributed by atoms with Gasteiger partial charge in [0.2, 0.25) is 0 Å². The second kappa shape index (κ2) is 8.00. The van der Waals surface area contributed by atoms with Crippen molar-refractivity contribution < 1.29 is 33.3 Å². The Hall–Kier alpha value is -3.26. The lowest BCUT2D eigenvalue weighted by Gasteiger charge is -2.23. The Morgan fingerprint density at radius 1 is 1.21 bits per heavy atom. The van der Waals surface area contributed by atoms with Crippen molar-refractivity contribution in [1.29, 1.82) is 0 Å². The van der Waals surface area contributed by atoms with Crippen LogP contribution in [0.15, 0.2) is 46.6 Å². The second-order valence-electron chi connectivity index (χ2n) is 6.71. The van der Waals surface area contributed by atoms with E-state index in [-0.39, 0.29) is 11.3 Å². The quantitative estimate of drug-likeness (QED) is 0.345. The largest absolute Gasteiger partial charge is 0.507 e. The maximum Gasteiger partial charge on any atom is 0.295 e. The minimum absolute atomic E-state index is 0.0148. The molecule has 1 N–H and O–H groups in total. The predicted molar refractivity (Wildman–Crippen MR) is 102 cm³/mol. The third-order valence-electron chi connectivity index (χ3n) is 4.92. The van der Waals surface area contributed by atoms with E-state index in [1.807, 2.05) is 0 Å². The highest BCUT2D eigenvalue weighted by Gasteiger charge is 2.47. The Morgan fingerprint density at radius 2 is 2.00 bits per heavy atom. The highest BCUT2D eigenvalue weighted by molar-refractivity contribution is 6.46. The van der Waals surface area contributed by atoms with Crippen molar-refractivity contribution in [2.24, 2.45) is 0 Å². The minimum atomic E-state index is -0.810. The number of aliphatic hydroxyl groups excluding tert-OH is 1. The molecule has 29 heavy (non-hydrogen) atoms. The first-order valence-corrected chi connectivity index (χ1v) is 9.32. The van der Waals surface area contributed by atoms with Gasteiger partial charge < -0.3 is 28.6 Å². The fraction of sp³-hybridized carbons (Fsp3) is 0.333. The number of aliphatic hydroxyl groups is 1. The smallest absolute Gasteiger partial charge is 0.295 e. The Morgan fingerprint density at radius 3 is 2.72 bits per heavy atom. The number of ketones is 1. The van der Waals surface area contributed by atoms with Crippen LogP contribution in [0.4, 0.5) is 0 Å². The molecule has 0 bridgehead atoms. The number of benzene rings is 1. The molecule has 1 amide bonds. The molecule has 2 aliphatic heterocycles. The molecule has 1 aromatic carbocycles. The van der Waals surface area contributed by atoms with Crippen LogP contribution in [0.3, 0.4) is 0 Å². The van der Waals surface area contributed by atoms with Gasteiger partial charge in [-0.05, 0) is 36.8 Å². The van der Waals surface area contributed by atoms with Crippen LogP contribution < -0.4 is 9.47 Å². The molecule has 4 rings (SSSR count). The number of fused-ring (bicyclic) bond motifs is 1. The van der Waals surface area contributed by atoms with Crippen molar-refractivity contribution in [3.63, 3.8) is 0 Å². The summed E-state index contributed by atoms with van der Waals surface area (Å²) < 4.78 is 21.6. The van der Waals surface area contributed by atoms with Gasteiger partial charge in [0, 0.05) is 25.8 Å². The first-order valence-electron chi connectivity index (χ1n) is 9.32. The van der Waals surface area contributed by atoms with Gasteiger partial charge in [-0.25, -0.2) is 0 Å². The number of rotatable bonds is 6. The number of hydrogen-bond acceptors (Lipinski definition) is 7. The van der Waals surface area contributed by atoms with E-state index in [1.165, 1.54) is 11.2 Å². The van der Waals surface area contributed by atoms with E-state index >= 15 is 0 Å². The normalized spacial score (nSPS) is 20.3. The van der Waals surface area contributed by atoms with Crippen LogP contribution in [0.25, 0.3) is 5.76 Å². The molecule has 3 heterocycles. The Labute approximate surface area is 167 Å². The van der Waals surface area contributed by atoms with Gasteiger partial charge in [-0.3, -0.25) is 9.59 Å². The van der Waals surface area contributed by atoms with Crippen LogP contribution in [-0.2, 0) is 14.3 Å². The average molecular weight is 399 g/mol. The van der Waals surface area contributed by atoms with E-state index in [2.05, 4.69) is 0 Å². The van der Waals surface area contributed by atoms with Gasteiger partial charge in [-0.2, -0.15) is 0 Å². The lowest BCUT2D eigenvalue weighted by molar-refractivity contribution is -0.140. The Balaban J connectivity index is 1.77. The van der Waals surface area contributed by atoms with E-state index in [1.54, 1.807) is 37.4 Å². The zero-order valence-corrected chi connectivity index (χ0v) is 15.9. The molecule has 1 atom stereocenters. The molecule has 1 saturated heterocycles. The number of methoxy groups -OCH3 is 1. The van der Waals surface area contributed by atoms with Gasteiger partial charge in [0.25, 0.3) is 11.7 Å². The molecule has 0 spiro atoms. The number of furan rings is 1. The third kappa shape index (κ3) is 3.47. The molecule has 1 unspecified atom stereocenters. The van der Waals surface area contributed by atoms with Crippen LogP contribution in [0.5, 0.6) is 11.5 Å². The van der Waals surface area contributed by atoms with Crippen molar-refractivity contribution in [2.75, 3.05) is 33.5 Å². The van der Waals surface area contributed by atoms with Gasteiger partial charge in [0.05, 0.1) is 11.8 Å².